The summed E-state index contributed by atoms with van der Waals surface area (Å²) in [7, 11) is 0. The van der Waals surface area contributed by atoms with Crippen molar-refractivity contribution >= 4 is 11.4 Å². The molecule has 0 aromatic heterocycles. The van der Waals surface area contributed by atoms with Crippen molar-refractivity contribution in [2.45, 2.75) is 43.9 Å². The number of nitro benzene ring substituents is 2. The van der Waals surface area contributed by atoms with Gasteiger partial charge in [0.25, 0.3) is 5.75 Å². The van der Waals surface area contributed by atoms with Gasteiger partial charge < -0.3 is 5.11 Å². The second-order valence-corrected chi connectivity index (χ2v) is 7.58. The van der Waals surface area contributed by atoms with E-state index in [9.17, 15) is 25.3 Å². The molecule has 1 aromatic rings. The third-order valence-electron chi connectivity index (χ3n) is 6.11. The lowest BCUT2D eigenvalue weighted by molar-refractivity contribution is -0.396. The summed E-state index contributed by atoms with van der Waals surface area (Å²) in [6.45, 7) is 0. The average Bonchev–Trinajstić information content (AvgIpc) is 2.45. The number of nitrogens with zero attached hydrogens (tertiary/aromatic N) is 2. The van der Waals surface area contributed by atoms with Crippen LogP contribution >= 0.6 is 0 Å². The van der Waals surface area contributed by atoms with E-state index >= 15 is 0 Å². The number of phenols is 1. The fraction of sp³-hybridized carbons (Fsp3) is 0.625. The maximum Gasteiger partial charge on any atom is 0.318 e. The number of rotatable bonds is 3. The monoisotopic (exact) mass is 318 g/mol. The molecule has 0 spiro atoms. The van der Waals surface area contributed by atoms with Crippen molar-refractivity contribution in [3.05, 3.63) is 37.9 Å². The van der Waals surface area contributed by atoms with Crippen molar-refractivity contribution in [2.75, 3.05) is 0 Å². The molecule has 1 N–H and O–H groups in total. The molecule has 0 aliphatic heterocycles. The zero-order chi connectivity index (χ0) is 16.4. The van der Waals surface area contributed by atoms with Crippen molar-refractivity contribution in [1.82, 2.24) is 0 Å². The van der Waals surface area contributed by atoms with Crippen molar-refractivity contribution in [3.63, 3.8) is 0 Å². The van der Waals surface area contributed by atoms with Gasteiger partial charge in [-0.05, 0) is 67.3 Å². The first-order valence-electron chi connectivity index (χ1n) is 8.04. The molecule has 1 aromatic carbocycles. The van der Waals surface area contributed by atoms with E-state index in [-0.39, 0.29) is 5.41 Å². The second kappa shape index (κ2) is 4.66. The predicted molar refractivity (Wildman–Crippen MR) is 81.3 cm³/mol. The van der Waals surface area contributed by atoms with Gasteiger partial charge in [0, 0.05) is 12.1 Å². The topological polar surface area (TPSA) is 107 Å². The largest absolute Gasteiger partial charge is 0.497 e. The summed E-state index contributed by atoms with van der Waals surface area (Å²) in [5.41, 5.74) is -0.611. The molecule has 7 heteroatoms. The Kier molecular flexibility index (Phi) is 2.92. The molecule has 4 aliphatic carbocycles. The Morgan fingerprint density at radius 1 is 0.913 bits per heavy atom. The highest BCUT2D eigenvalue weighted by molar-refractivity contribution is 5.62. The van der Waals surface area contributed by atoms with Crippen molar-refractivity contribution in [2.24, 2.45) is 17.8 Å². The first kappa shape index (κ1) is 14.4. The van der Waals surface area contributed by atoms with Gasteiger partial charge in [-0.1, -0.05) is 0 Å². The molecule has 4 fully saturated rings. The van der Waals surface area contributed by atoms with Crippen LogP contribution < -0.4 is 0 Å². The van der Waals surface area contributed by atoms with Crippen molar-refractivity contribution in [1.29, 1.82) is 0 Å². The lowest BCUT2D eigenvalue weighted by Crippen LogP contribution is -2.48. The first-order valence-corrected chi connectivity index (χ1v) is 8.04. The van der Waals surface area contributed by atoms with Crippen LogP contribution in [0.1, 0.15) is 44.1 Å². The number of benzene rings is 1. The normalized spacial score (nSPS) is 34.5. The molecule has 0 unspecified atom stereocenters. The van der Waals surface area contributed by atoms with Crippen LogP contribution in [0, 0.1) is 38.0 Å². The minimum atomic E-state index is -0.839. The Bertz CT molecular complexity index is 644. The van der Waals surface area contributed by atoms with Crippen molar-refractivity contribution in [3.8, 4) is 5.75 Å². The average molecular weight is 318 g/mol. The van der Waals surface area contributed by atoms with E-state index in [1.807, 2.05) is 0 Å². The van der Waals surface area contributed by atoms with Crippen LogP contribution in [0.15, 0.2) is 12.1 Å². The Morgan fingerprint density at radius 2 is 1.30 bits per heavy atom. The molecule has 4 saturated carbocycles. The third-order valence-corrected chi connectivity index (χ3v) is 6.11. The number of nitro groups is 2. The van der Waals surface area contributed by atoms with Gasteiger partial charge in [-0.15, -0.1) is 0 Å². The highest BCUT2D eigenvalue weighted by atomic mass is 16.6. The minimum Gasteiger partial charge on any atom is -0.497 e. The summed E-state index contributed by atoms with van der Waals surface area (Å²) in [4.78, 5) is 20.9. The maximum atomic E-state index is 11.2. The first-order chi connectivity index (χ1) is 10.9. The Balaban J connectivity index is 1.85. The maximum absolute atomic E-state index is 11.2. The summed E-state index contributed by atoms with van der Waals surface area (Å²) in [5, 5.41) is 32.2. The number of hydrogen-bond donors (Lipinski definition) is 1. The molecule has 5 rings (SSSR count). The summed E-state index contributed by atoms with van der Waals surface area (Å²) in [5.74, 6) is 1.06. The van der Waals surface area contributed by atoms with Gasteiger partial charge in [0.05, 0.1) is 9.85 Å². The molecule has 23 heavy (non-hydrogen) atoms. The van der Waals surface area contributed by atoms with Gasteiger partial charge in [-0.2, -0.15) is 0 Å². The van der Waals surface area contributed by atoms with E-state index in [0.717, 1.165) is 19.3 Å². The van der Waals surface area contributed by atoms with Crippen LogP contribution in [-0.4, -0.2) is 15.0 Å². The lowest BCUT2D eigenvalue weighted by atomic mass is 9.48. The minimum absolute atomic E-state index is 0.183. The number of aromatic hydroxyl groups is 1. The van der Waals surface area contributed by atoms with E-state index in [0.29, 0.717) is 23.3 Å². The van der Waals surface area contributed by atoms with E-state index in [1.54, 1.807) is 0 Å². The third kappa shape index (κ3) is 2.09. The standard InChI is InChI=1S/C16H18N2O5/c19-15-13(17(20)21)4-12(5-14(15)18(22)23)16-6-9-1-10(7-16)3-11(2-9)8-16/h4-5,9-11,19H,1-3,6-8H2. The second-order valence-electron chi connectivity index (χ2n) is 7.58. The summed E-state index contributed by atoms with van der Waals surface area (Å²) < 4.78 is 0. The van der Waals surface area contributed by atoms with Gasteiger partial charge in [0.1, 0.15) is 0 Å². The van der Waals surface area contributed by atoms with Gasteiger partial charge in [-0.25, -0.2) is 0 Å². The van der Waals surface area contributed by atoms with Crippen LogP contribution in [0.2, 0.25) is 0 Å². The van der Waals surface area contributed by atoms with Gasteiger partial charge in [0.15, 0.2) is 0 Å². The summed E-state index contributed by atoms with van der Waals surface area (Å²) >= 11 is 0. The highest BCUT2D eigenvalue weighted by Crippen LogP contribution is 2.61. The van der Waals surface area contributed by atoms with Gasteiger partial charge >= 0.3 is 11.4 Å². The van der Waals surface area contributed by atoms with Crippen LogP contribution in [0.25, 0.3) is 0 Å². The van der Waals surface area contributed by atoms with E-state index in [1.165, 1.54) is 31.4 Å². The fourth-order valence-electron chi connectivity index (χ4n) is 5.65. The molecule has 4 aliphatic rings. The van der Waals surface area contributed by atoms with Crippen LogP contribution in [0.5, 0.6) is 5.75 Å². The summed E-state index contributed by atoms with van der Waals surface area (Å²) in [6, 6.07) is 2.74. The van der Waals surface area contributed by atoms with Crippen LogP contribution in [0.4, 0.5) is 11.4 Å². The Labute approximate surface area is 132 Å². The molecule has 0 saturated heterocycles. The molecule has 0 radical (unpaired) electrons. The molecule has 122 valence electrons. The smallest absolute Gasteiger partial charge is 0.318 e. The SMILES string of the molecule is O=[N+]([O-])c1cc(C23CC4CC(CC(C4)C2)C3)cc([N+](=O)[O-])c1O. The predicted octanol–water partition coefficient (Wildman–Crippen LogP) is 3.68. The molecule has 0 atom stereocenters. The molecular weight excluding hydrogens is 300 g/mol. The van der Waals surface area contributed by atoms with Crippen LogP contribution in [0.3, 0.4) is 0 Å². The van der Waals surface area contributed by atoms with E-state index in [2.05, 4.69) is 0 Å². The lowest BCUT2D eigenvalue weighted by Gasteiger charge is -2.57. The van der Waals surface area contributed by atoms with Crippen LogP contribution in [-0.2, 0) is 5.41 Å². The molecule has 0 amide bonds. The number of hydrogen-bond acceptors (Lipinski definition) is 5. The molecular formula is C16H18N2O5. The Hall–Kier alpha value is -2.18. The van der Waals surface area contributed by atoms with E-state index < -0.39 is 27.0 Å². The zero-order valence-electron chi connectivity index (χ0n) is 12.6. The fourth-order valence-corrected chi connectivity index (χ4v) is 5.65. The quantitative estimate of drug-likeness (QED) is 0.675. The van der Waals surface area contributed by atoms with Gasteiger partial charge in [-0.3, -0.25) is 20.2 Å². The van der Waals surface area contributed by atoms with Gasteiger partial charge in [0.2, 0.25) is 0 Å². The van der Waals surface area contributed by atoms with E-state index in [4.69, 9.17) is 0 Å². The molecule has 0 heterocycles. The zero-order valence-corrected chi connectivity index (χ0v) is 12.6. The van der Waals surface area contributed by atoms with Crippen molar-refractivity contribution < 1.29 is 15.0 Å². The highest BCUT2D eigenvalue weighted by Gasteiger charge is 2.52. The molecule has 4 bridgehead atoms. The molecule has 7 nitrogen and oxygen atoms in total. The Morgan fingerprint density at radius 3 is 1.65 bits per heavy atom. The number of phenolic OH excluding ortho intramolecular Hbond substituents is 1. The summed E-state index contributed by atoms with van der Waals surface area (Å²) in [6.07, 6.45) is 6.54.